The molecule has 5 heteroatoms. The van der Waals surface area contributed by atoms with Gasteiger partial charge in [-0.1, -0.05) is 67.1 Å². The second kappa shape index (κ2) is 13.6. The molecule has 3 aromatic carbocycles. The van der Waals surface area contributed by atoms with E-state index in [4.69, 9.17) is 14.2 Å². The zero-order valence-corrected chi connectivity index (χ0v) is 24.6. The summed E-state index contributed by atoms with van der Waals surface area (Å²) in [7, 11) is 5.02. The smallest absolute Gasteiger partial charge is 0.203 e. The van der Waals surface area contributed by atoms with Gasteiger partial charge in [0.2, 0.25) is 5.75 Å². The monoisotopic (exact) mass is 542 g/mol. The number of rotatable bonds is 10. The Morgan fingerprint density at radius 2 is 1.25 bits per heavy atom. The first-order valence-corrected chi connectivity index (χ1v) is 14.9. The van der Waals surface area contributed by atoms with E-state index in [1.54, 1.807) is 21.3 Å². The van der Waals surface area contributed by atoms with Gasteiger partial charge in [-0.2, -0.15) is 0 Å². The number of nitrogens with zero attached hydrogens (tertiary/aromatic N) is 2. The van der Waals surface area contributed by atoms with E-state index < -0.39 is 0 Å². The van der Waals surface area contributed by atoms with Crippen LogP contribution >= 0.6 is 0 Å². The van der Waals surface area contributed by atoms with E-state index in [-0.39, 0.29) is 0 Å². The third kappa shape index (κ3) is 7.00. The van der Waals surface area contributed by atoms with Gasteiger partial charge in [0.1, 0.15) is 0 Å². The minimum atomic E-state index is 0.339. The molecule has 0 aromatic heterocycles. The van der Waals surface area contributed by atoms with Crippen LogP contribution in [0.25, 0.3) is 0 Å². The second-order valence-electron chi connectivity index (χ2n) is 11.8. The summed E-state index contributed by atoms with van der Waals surface area (Å²) < 4.78 is 16.7. The molecular formula is C35H46N2O3. The van der Waals surface area contributed by atoms with Crippen LogP contribution in [-0.4, -0.2) is 63.4 Å². The molecule has 1 saturated heterocycles. The van der Waals surface area contributed by atoms with E-state index in [0.29, 0.717) is 17.2 Å². The van der Waals surface area contributed by atoms with Crippen LogP contribution in [0, 0.1) is 5.41 Å². The molecule has 1 unspecified atom stereocenters. The van der Waals surface area contributed by atoms with Gasteiger partial charge < -0.3 is 14.2 Å². The Balaban J connectivity index is 1.21. The zero-order valence-electron chi connectivity index (χ0n) is 24.6. The summed E-state index contributed by atoms with van der Waals surface area (Å²) in [6.07, 6.45) is 8.90. The van der Waals surface area contributed by atoms with Crippen LogP contribution in [0.15, 0.2) is 72.8 Å². The number of benzene rings is 3. The fraction of sp³-hybridized carbons (Fsp3) is 0.486. The van der Waals surface area contributed by atoms with Crippen LogP contribution in [0.4, 0.5) is 0 Å². The molecule has 1 saturated carbocycles. The molecule has 5 rings (SSSR count). The minimum Gasteiger partial charge on any atom is -0.493 e. The number of hydrogen-bond donors (Lipinski definition) is 0. The van der Waals surface area contributed by atoms with Crippen molar-refractivity contribution in [2.45, 2.75) is 57.5 Å². The van der Waals surface area contributed by atoms with E-state index in [9.17, 15) is 0 Å². The highest BCUT2D eigenvalue weighted by Crippen LogP contribution is 2.42. The number of ether oxygens (including phenoxy) is 3. The third-order valence-corrected chi connectivity index (χ3v) is 9.15. The van der Waals surface area contributed by atoms with Crippen LogP contribution < -0.4 is 14.2 Å². The summed E-state index contributed by atoms with van der Waals surface area (Å²) in [5.74, 6) is 2.11. The molecule has 0 radical (unpaired) electrons. The largest absolute Gasteiger partial charge is 0.493 e. The quantitative estimate of drug-likeness (QED) is 0.269. The van der Waals surface area contributed by atoms with Gasteiger partial charge in [0, 0.05) is 38.8 Å². The zero-order chi connectivity index (χ0) is 27.8. The lowest BCUT2D eigenvalue weighted by Crippen LogP contribution is -2.49. The van der Waals surface area contributed by atoms with Crippen molar-refractivity contribution in [3.8, 4) is 17.2 Å². The van der Waals surface area contributed by atoms with Gasteiger partial charge in [0.05, 0.1) is 21.3 Å². The topological polar surface area (TPSA) is 34.2 Å². The van der Waals surface area contributed by atoms with E-state index in [0.717, 1.165) is 44.2 Å². The molecule has 1 atom stereocenters. The molecule has 0 spiro atoms. The third-order valence-electron chi connectivity index (χ3n) is 9.15. The maximum atomic E-state index is 5.58. The first-order chi connectivity index (χ1) is 19.6. The number of methoxy groups -OCH3 is 3. The standard InChI is InChI=1S/C35H46N2O3/c1-38-32-23-30(24-33(39-2)34(32)40-3)27-36-19-21-37(22-20-36)31-15-10-17-35(18-16-31,25-28-11-6-4-7-12-28)26-29-13-8-5-9-14-29/h4-9,11-14,23-24,31H,10,15-22,25-27H2,1-3H3. The predicted octanol–water partition coefficient (Wildman–Crippen LogP) is 6.63. The first kappa shape index (κ1) is 28.5. The lowest BCUT2D eigenvalue weighted by atomic mass is 9.71. The molecule has 0 N–H and O–H groups in total. The highest BCUT2D eigenvalue weighted by molar-refractivity contribution is 5.53. The Morgan fingerprint density at radius 3 is 1.77 bits per heavy atom. The van der Waals surface area contributed by atoms with Crippen molar-refractivity contribution >= 4 is 0 Å². The van der Waals surface area contributed by atoms with E-state index in [2.05, 4.69) is 82.6 Å². The maximum absolute atomic E-state index is 5.58. The molecule has 3 aromatic rings. The lowest BCUT2D eigenvalue weighted by Gasteiger charge is -2.39. The second-order valence-corrected chi connectivity index (χ2v) is 11.8. The summed E-state index contributed by atoms with van der Waals surface area (Å²) in [5, 5.41) is 0. The molecule has 214 valence electrons. The molecule has 1 aliphatic carbocycles. The number of piperazine rings is 1. The average Bonchev–Trinajstić information content (AvgIpc) is 3.20. The summed E-state index contributed by atoms with van der Waals surface area (Å²) in [6, 6.07) is 27.2. The molecule has 1 heterocycles. The van der Waals surface area contributed by atoms with Crippen molar-refractivity contribution in [3.05, 3.63) is 89.5 Å². The van der Waals surface area contributed by atoms with Gasteiger partial charge in [-0.3, -0.25) is 9.80 Å². The molecule has 40 heavy (non-hydrogen) atoms. The Hall–Kier alpha value is -3.02. The molecule has 2 fully saturated rings. The summed E-state index contributed by atoms with van der Waals surface area (Å²) in [4.78, 5) is 5.34. The van der Waals surface area contributed by atoms with E-state index >= 15 is 0 Å². The molecule has 2 aliphatic rings. The van der Waals surface area contributed by atoms with Crippen molar-refractivity contribution in [1.29, 1.82) is 0 Å². The van der Waals surface area contributed by atoms with Crippen LogP contribution in [0.3, 0.4) is 0 Å². The Morgan fingerprint density at radius 1 is 0.675 bits per heavy atom. The first-order valence-electron chi connectivity index (χ1n) is 14.9. The van der Waals surface area contributed by atoms with Gasteiger partial charge >= 0.3 is 0 Å². The molecule has 5 nitrogen and oxygen atoms in total. The Bertz CT molecular complexity index is 1130. The SMILES string of the molecule is COc1cc(CN2CCN(C3CCCC(Cc4ccccc4)(Cc4ccccc4)CC3)CC2)cc(OC)c1OC. The normalized spacial score (nSPS) is 20.0. The molecular weight excluding hydrogens is 496 g/mol. The summed E-state index contributed by atoms with van der Waals surface area (Å²) in [5.41, 5.74) is 4.50. The highest BCUT2D eigenvalue weighted by atomic mass is 16.5. The Kier molecular flexibility index (Phi) is 9.66. The fourth-order valence-corrected chi connectivity index (χ4v) is 7.07. The molecule has 0 amide bonds. The fourth-order valence-electron chi connectivity index (χ4n) is 7.07. The summed E-state index contributed by atoms with van der Waals surface area (Å²) in [6.45, 7) is 5.35. The maximum Gasteiger partial charge on any atom is 0.203 e. The Labute approximate surface area is 241 Å². The lowest BCUT2D eigenvalue weighted by molar-refractivity contribution is 0.0830. The van der Waals surface area contributed by atoms with Crippen LogP contribution in [0.2, 0.25) is 0 Å². The van der Waals surface area contributed by atoms with Crippen molar-refractivity contribution in [2.75, 3.05) is 47.5 Å². The van der Waals surface area contributed by atoms with Gasteiger partial charge in [-0.15, -0.1) is 0 Å². The van der Waals surface area contributed by atoms with Crippen molar-refractivity contribution in [2.24, 2.45) is 5.41 Å². The number of hydrogen-bond acceptors (Lipinski definition) is 5. The van der Waals surface area contributed by atoms with E-state index in [1.165, 1.54) is 61.6 Å². The van der Waals surface area contributed by atoms with Crippen LogP contribution in [0.1, 0.15) is 48.8 Å². The average molecular weight is 543 g/mol. The van der Waals surface area contributed by atoms with Gasteiger partial charge in [0.25, 0.3) is 0 Å². The minimum absolute atomic E-state index is 0.339. The molecule has 0 bridgehead atoms. The van der Waals surface area contributed by atoms with Gasteiger partial charge in [-0.25, -0.2) is 0 Å². The van der Waals surface area contributed by atoms with E-state index in [1.807, 2.05) is 0 Å². The van der Waals surface area contributed by atoms with Crippen LogP contribution in [-0.2, 0) is 19.4 Å². The van der Waals surface area contributed by atoms with Crippen LogP contribution in [0.5, 0.6) is 17.2 Å². The highest BCUT2D eigenvalue weighted by Gasteiger charge is 2.35. The molecule has 1 aliphatic heterocycles. The van der Waals surface area contributed by atoms with Gasteiger partial charge in [0.15, 0.2) is 11.5 Å². The van der Waals surface area contributed by atoms with Crippen molar-refractivity contribution in [3.63, 3.8) is 0 Å². The van der Waals surface area contributed by atoms with Gasteiger partial charge in [-0.05, 0) is 72.8 Å². The predicted molar refractivity (Wildman–Crippen MR) is 163 cm³/mol. The van der Waals surface area contributed by atoms with Crippen molar-refractivity contribution < 1.29 is 14.2 Å². The summed E-state index contributed by atoms with van der Waals surface area (Å²) >= 11 is 0. The van der Waals surface area contributed by atoms with Crippen molar-refractivity contribution in [1.82, 2.24) is 9.80 Å².